The molecule has 0 atom stereocenters. The summed E-state index contributed by atoms with van der Waals surface area (Å²) in [7, 11) is 0. The quantitative estimate of drug-likeness (QED) is 0.634. The van der Waals surface area contributed by atoms with Crippen molar-refractivity contribution < 1.29 is 13.5 Å². The van der Waals surface area contributed by atoms with Crippen molar-refractivity contribution in [2.24, 2.45) is 5.92 Å². The minimum atomic E-state index is -0.931. The van der Waals surface area contributed by atoms with Crippen molar-refractivity contribution in [1.29, 1.82) is 0 Å². The van der Waals surface area contributed by atoms with Crippen molar-refractivity contribution in [3.8, 4) is 5.75 Å². The predicted octanol–water partition coefficient (Wildman–Crippen LogP) is 4.27. The number of hydrogen-bond donors (Lipinski definition) is 1. The summed E-state index contributed by atoms with van der Waals surface area (Å²) >= 11 is 3.12. The zero-order chi connectivity index (χ0) is 14.5. The molecule has 0 bridgehead atoms. The summed E-state index contributed by atoms with van der Waals surface area (Å²) in [6, 6.07) is 3.06. The largest absolute Gasteiger partial charge is 0.489 e. The summed E-state index contributed by atoms with van der Waals surface area (Å²) in [5, 5.41) is 3.41. The third-order valence-electron chi connectivity index (χ3n) is 3.77. The average molecular weight is 348 g/mol. The van der Waals surface area contributed by atoms with Crippen molar-refractivity contribution in [1.82, 2.24) is 5.32 Å². The van der Waals surface area contributed by atoms with E-state index in [0.29, 0.717) is 23.7 Å². The summed E-state index contributed by atoms with van der Waals surface area (Å²) in [4.78, 5) is 0. The molecule has 5 heteroatoms. The lowest BCUT2D eigenvalue weighted by Crippen LogP contribution is -2.35. The van der Waals surface area contributed by atoms with E-state index in [0.717, 1.165) is 12.0 Å². The molecule has 0 amide bonds. The lowest BCUT2D eigenvalue weighted by Gasteiger charge is -2.27. The summed E-state index contributed by atoms with van der Waals surface area (Å²) in [6.45, 7) is 3.26. The van der Waals surface area contributed by atoms with Crippen LogP contribution in [0.15, 0.2) is 16.6 Å². The standard InChI is InChI=1S/C15H20BrF2NO/c1-10-2-4-12(5-3-10)19-6-7-20-14-9-11(16)8-13(17)15(14)18/h8-10,12,19H,2-7H2,1H3. The molecule has 0 aliphatic heterocycles. The summed E-state index contributed by atoms with van der Waals surface area (Å²) in [5.41, 5.74) is 0. The maximum atomic E-state index is 13.5. The third kappa shape index (κ3) is 4.42. The Labute approximate surface area is 127 Å². The molecule has 0 heterocycles. The molecule has 0 radical (unpaired) electrons. The van der Waals surface area contributed by atoms with Crippen LogP contribution in [0.5, 0.6) is 5.75 Å². The van der Waals surface area contributed by atoms with Gasteiger partial charge in [0.1, 0.15) is 6.61 Å². The van der Waals surface area contributed by atoms with Crippen molar-refractivity contribution in [3.05, 3.63) is 28.2 Å². The van der Waals surface area contributed by atoms with Gasteiger partial charge < -0.3 is 10.1 Å². The van der Waals surface area contributed by atoms with Gasteiger partial charge in [-0.05, 0) is 43.7 Å². The van der Waals surface area contributed by atoms with Crippen LogP contribution in [-0.2, 0) is 0 Å². The molecule has 1 fully saturated rings. The van der Waals surface area contributed by atoms with Crippen LogP contribution in [0.4, 0.5) is 8.78 Å². The van der Waals surface area contributed by atoms with E-state index in [2.05, 4.69) is 28.2 Å². The van der Waals surface area contributed by atoms with Crippen molar-refractivity contribution in [2.45, 2.75) is 38.6 Å². The van der Waals surface area contributed by atoms with E-state index in [1.54, 1.807) is 0 Å². The smallest absolute Gasteiger partial charge is 0.200 e. The molecule has 112 valence electrons. The zero-order valence-corrected chi connectivity index (χ0v) is 13.2. The van der Waals surface area contributed by atoms with E-state index in [1.165, 1.54) is 31.7 Å². The second-order valence-corrected chi connectivity index (χ2v) is 6.37. The maximum Gasteiger partial charge on any atom is 0.200 e. The Kier molecular flexibility index (Phi) is 5.78. The fourth-order valence-corrected chi connectivity index (χ4v) is 2.93. The molecule has 1 aromatic rings. The minimum absolute atomic E-state index is 0.0454. The molecule has 2 nitrogen and oxygen atoms in total. The summed E-state index contributed by atoms with van der Waals surface area (Å²) < 4.78 is 32.4. The average Bonchev–Trinajstić information content (AvgIpc) is 2.42. The molecule has 0 unspecified atom stereocenters. The molecule has 1 aliphatic rings. The van der Waals surface area contributed by atoms with Gasteiger partial charge in [-0.15, -0.1) is 0 Å². The van der Waals surface area contributed by atoms with Gasteiger partial charge in [0.15, 0.2) is 11.6 Å². The molecular weight excluding hydrogens is 328 g/mol. The minimum Gasteiger partial charge on any atom is -0.489 e. The molecule has 1 N–H and O–H groups in total. The van der Waals surface area contributed by atoms with Crippen LogP contribution in [0.2, 0.25) is 0 Å². The number of ether oxygens (including phenoxy) is 1. The molecule has 1 aromatic carbocycles. The molecule has 1 aliphatic carbocycles. The van der Waals surface area contributed by atoms with Crippen LogP contribution in [0.3, 0.4) is 0 Å². The van der Waals surface area contributed by atoms with Gasteiger partial charge in [0, 0.05) is 17.1 Å². The van der Waals surface area contributed by atoms with Gasteiger partial charge in [-0.2, -0.15) is 4.39 Å². The van der Waals surface area contributed by atoms with Crippen LogP contribution in [-0.4, -0.2) is 19.2 Å². The van der Waals surface area contributed by atoms with Crippen LogP contribution >= 0.6 is 15.9 Å². The van der Waals surface area contributed by atoms with Crippen LogP contribution < -0.4 is 10.1 Å². The van der Waals surface area contributed by atoms with Crippen LogP contribution in [0.1, 0.15) is 32.6 Å². The fourth-order valence-electron chi connectivity index (χ4n) is 2.53. The van der Waals surface area contributed by atoms with E-state index in [-0.39, 0.29) is 5.75 Å². The first-order chi connectivity index (χ1) is 9.56. The number of benzene rings is 1. The molecular formula is C15H20BrF2NO. The van der Waals surface area contributed by atoms with Gasteiger partial charge >= 0.3 is 0 Å². The Balaban J connectivity index is 1.73. The topological polar surface area (TPSA) is 21.3 Å². The summed E-state index contributed by atoms with van der Waals surface area (Å²) in [6.07, 6.45) is 4.87. The highest BCUT2D eigenvalue weighted by molar-refractivity contribution is 9.10. The van der Waals surface area contributed by atoms with E-state index < -0.39 is 11.6 Å². The Morgan fingerprint density at radius 3 is 2.65 bits per heavy atom. The van der Waals surface area contributed by atoms with Crippen molar-refractivity contribution in [3.63, 3.8) is 0 Å². The highest BCUT2D eigenvalue weighted by Gasteiger charge is 2.17. The van der Waals surface area contributed by atoms with Gasteiger partial charge in [-0.25, -0.2) is 4.39 Å². The lowest BCUT2D eigenvalue weighted by molar-refractivity contribution is 0.261. The second kappa shape index (κ2) is 7.36. The number of hydrogen-bond acceptors (Lipinski definition) is 2. The van der Waals surface area contributed by atoms with Gasteiger partial charge in [-0.3, -0.25) is 0 Å². The second-order valence-electron chi connectivity index (χ2n) is 5.46. The predicted molar refractivity (Wildman–Crippen MR) is 79.0 cm³/mol. The number of rotatable bonds is 5. The number of nitrogens with one attached hydrogen (secondary N) is 1. The van der Waals surface area contributed by atoms with E-state index in [9.17, 15) is 8.78 Å². The highest BCUT2D eigenvalue weighted by atomic mass is 79.9. The number of halogens is 3. The summed E-state index contributed by atoms with van der Waals surface area (Å²) in [5.74, 6) is -1.05. The van der Waals surface area contributed by atoms with Gasteiger partial charge in [0.05, 0.1) is 0 Å². The Morgan fingerprint density at radius 1 is 1.25 bits per heavy atom. The molecule has 0 saturated heterocycles. The molecule has 20 heavy (non-hydrogen) atoms. The lowest BCUT2D eigenvalue weighted by atomic mass is 9.87. The maximum absolute atomic E-state index is 13.5. The van der Waals surface area contributed by atoms with Crippen molar-refractivity contribution in [2.75, 3.05) is 13.2 Å². The normalized spacial score (nSPS) is 22.8. The first-order valence-corrected chi connectivity index (χ1v) is 7.86. The molecule has 0 aromatic heterocycles. The molecule has 1 saturated carbocycles. The first kappa shape index (κ1) is 15.7. The monoisotopic (exact) mass is 347 g/mol. The van der Waals surface area contributed by atoms with Gasteiger partial charge in [-0.1, -0.05) is 22.9 Å². The molecule has 0 spiro atoms. The Morgan fingerprint density at radius 2 is 1.95 bits per heavy atom. The van der Waals surface area contributed by atoms with Crippen LogP contribution in [0, 0.1) is 17.6 Å². The van der Waals surface area contributed by atoms with Crippen LogP contribution in [0.25, 0.3) is 0 Å². The van der Waals surface area contributed by atoms with E-state index >= 15 is 0 Å². The Hall–Kier alpha value is -0.680. The third-order valence-corrected chi connectivity index (χ3v) is 4.23. The SMILES string of the molecule is CC1CCC(NCCOc2cc(Br)cc(F)c2F)CC1. The van der Waals surface area contributed by atoms with Crippen molar-refractivity contribution >= 4 is 15.9 Å². The van der Waals surface area contributed by atoms with E-state index in [4.69, 9.17) is 4.74 Å². The highest BCUT2D eigenvalue weighted by Crippen LogP contribution is 2.25. The first-order valence-electron chi connectivity index (χ1n) is 7.07. The zero-order valence-electron chi connectivity index (χ0n) is 11.6. The van der Waals surface area contributed by atoms with Gasteiger partial charge in [0.2, 0.25) is 5.82 Å². The molecule has 2 rings (SSSR count). The Bertz CT molecular complexity index is 448. The van der Waals surface area contributed by atoms with E-state index in [1.807, 2.05) is 0 Å². The fraction of sp³-hybridized carbons (Fsp3) is 0.600. The van der Waals surface area contributed by atoms with Gasteiger partial charge in [0.25, 0.3) is 0 Å².